The summed E-state index contributed by atoms with van der Waals surface area (Å²) in [6.07, 6.45) is 1.53. The van der Waals surface area contributed by atoms with Crippen LogP contribution >= 0.6 is 11.6 Å². The lowest BCUT2D eigenvalue weighted by atomic mass is 10.2. The second-order valence-corrected chi connectivity index (χ2v) is 5.29. The average Bonchev–Trinajstić information content (AvgIpc) is 3.06. The minimum atomic E-state index is -0.350. The van der Waals surface area contributed by atoms with Crippen LogP contribution in [0.5, 0.6) is 0 Å². The summed E-state index contributed by atoms with van der Waals surface area (Å²) >= 11 is 5.80. The van der Waals surface area contributed by atoms with Gasteiger partial charge in [0, 0.05) is 10.6 Å². The zero-order chi connectivity index (χ0) is 16.8. The number of nitrogens with one attached hydrogen (secondary N) is 1. The molecule has 3 rings (SSSR count). The molecule has 8 heteroatoms. The molecule has 0 bridgehead atoms. The van der Waals surface area contributed by atoms with E-state index in [1.54, 1.807) is 24.3 Å². The first-order valence-corrected chi connectivity index (χ1v) is 7.49. The van der Waals surface area contributed by atoms with Crippen LogP contribution in [0.1, 0.15) is 5.56 Å². The van der Waals surface area contributed by atoms with E-state index in [-0.39, 0.29) is 12.5 Å². The van der Waals surface area contributed by atoms with E-state index < -0.39 is 0 Å². The number of nitrogens with zero attached hydrogens (tertiary/aromatic N) is 5. The molecule has 1 heterocycles. The van der Waals surface area contributed by atoms with Crippen molar-refractivity contribution in [1.29, 1.82) is 0 Å². The first-order chi connectivity index (χ1) is 11.7. The Morgan fingerprint density at radius 1 is 1.17 bits per heavy atom. The van der Waals surface area contributed by atoms with Crippen molar-refractivity contribution in [3.63, 3.8) is 0 Å². The number of rotatable bonds is 5. The molecule has 0 aliphatic rings. The van der Waals surface area contributed by atoms with Crippen molar-refractivity contribution >= 4 is 23.7 Å². The van der Waals surface area contributed by atoms with Gasteiger partial charge in [-0.2, -0.15) is 9.90 Å². The highest BCUT2D eigenvalue weighted by Gasteiger charge is 2.08. The molecule has 3 aromatic rings. The quantitative estimate of drug-likeness (QED) is 0.569. The van der Waals surface area contributed by atoms with Gasteiger partial charge in [0.2, 0.25) is 5.82 Å². The van der Waals surface area contributed by atoms with Crippen molar-refractivity contribution in [1.82, 2.24) is 25.6 Å². The van der Waals surface area contributed by atoms with Crippen LogP contribution in [0.15, 0.2) is 59.7 Å². The van der Waals surface area contributed by atoms with Crippen molar-refractivity contribution in [3.8, 4) is 11.4 Å². The summed E-state index contributed by atoms with van der Waals surface area (Å²) in [5, 5.41) is 16.5. The Balaban J connectivity index is 1.55. The van der Waals surface area contributed by atoms with Crippen molar-refractivity contribution in [2.75, 3.05) is 0 Å². The lowest BCUT2D eigenvalue weighted by molar-refractivity contribution is -0.122. The van der Waals surface area contributed by atoms with Crippen molar-refractivity contribution in [2.45, 2.75) is 6.54 Å². The number of hydrazone groups is 1. The van der Waals surface area contributed by atoms with Gasteiger partial charge in [0.1, 0.15) is 6.54 Å². The maximum Gasteiger partial charge on any atom is 0.263 e. The van der Waals surface area contributed by atoms with Crippen LogP contribution < -0.4 is 5.43 Å². The number of amides is 1. The third-order valence-electron chi connectivity index (χ3n) is 3.04. The minimum absolute atomic E-state index is 0.0716. The molecule has 0 saturated carbocycles. The number of carbonyl (C=O) groups is 1. The topological polar surface area (TPSA) is 85.1 Å². The molecule has 1 N–H and O–H groups in total. The maximum atomic E-state index is 11.8. The second kappa shape index (κ2) is 7.47. The van der Waals surface area contributed by atoms with Gasteiger partial charge in [-0.05, 0) is 22.9 Å². The standard InChI is InChI=1S/C16H13ClN6O/c17-14-8-6-12(7-9-14)10-18-19-15(24)11-23-21-16(20-22-23)13-4-2-1-3-5-13/h1-10H,11H2,(H,19,24). The summed E-state index contributed by atoms with van der Waals surface area (Å²) in [4.78, 5) is 13.0. The maximum absolute atomic E-state index is 11.8. The zero-order valence-electron chi connectivity index (χ0n) is 12.5. The molecule has 0 radical (unpaired) electrons. The van der Waals surface area contributed by atoms with E-state index in [0.717, 1.165) is 11.1 Å². The summed E-state index contributed by atoms with van der Waals surface area (Å²) in [6, 6.07) is 16.5. The molecule has 24 heavy (non-hydrogen) atoms. The Morgan fingerprint density at radius 3 is 2.67 bits per heavy atom. The number of hydrogen-bond acceptors (Lipinski definition) is 5. The molecule has 1 aromatic heterocycles. The van der Waals surface area contributed by atoms with Gasteiger partial charge in [-0.1, -0.05) is 54.1 Å². The Morgan fingerprint density at radius 2 is 1.92 bits per heavy atom. The lowest BCUT2D eigenvalue weighted by Crippen LogP contribution is -2.24. The molecule has 2 aromatic carbocycles. The first kappa shape index (κ1) is 15.8. The molecular weight excluding hydrogens is 328 g/mol. The van der Waals surface area contributed by atoms with Gasteiger partial charge in [-0.25, -0.2) is 5.43 Å². The van der Waals surface area contributed by atoms with Crippen LogP contribution in [0.4, 0.5) is 0 Å². The summed E-state index contributed by atoms with van der Waals surface area (Å²) < 4.78 is 0. The molecule has 0 saturated heterocycles. The molecule has 0 unspecified atom stereocenters. The predicted molar refractivity (Wildman–Crippen MR) is 90.4 cm³/mol. The Labute approximate surface area is 143 Å². The largest absolute Gasteiger partial charge is 0.271 e. The van der Waals surface area contributed by atoms with E-state index in [1.165, 1.54) is 11.0 Å². The van der Waals surface area contributed by atoms with Crippen molar-refractivity contribution < 1.29 is 4.79 Å². The fraction of sp³-hybridized carbons (Fsp3) is 0.0625. The summed E-state index contributed by atoms with van der Waals surface area (Å²) in [5.41, 5.74) is 4.07. The number of tetrazole rings is 1. The Bertz CT molecular complexity index is 845. The molecule has 1 amide bonds. The smallest absolute Gasteiger partial charge is 0.263 e. The summed E-state index contributed by atoms with van der Waals surface area (Å²) in [6.45, 7) is -0.0716. The van der Waals surface area contributed by atoms with Gasteiger partial charge in [-0.15, -0.1) is 10.2 Å². The van der Waals surface area contributed by atoms with E-state index in [0.29, 0.717) is 10.8 Å². The van der Waals surface area contributed by atoms with E-state index in [9.17, 15) is 4.79 Å². The number of aromatic nitrogens is 4. The van der Waals surface area contributed by atoms with Gasteiger partial charge in [-0.3, -0.25) is 4.79 Å². The molecule has 120 valence electrons. The van der Waals surface area contributed by atoms with Crippen molar-refractivity contribution in [3.05, 3.63) is 65.2 Å². The molecule has 7 nitrogen and oxygen atoms in total. The highest BCUT2D eigenvalue weighted by atomic mass is 35.5. The van der Waals surface area contributed by atoms with E-state index in [1.807, 2.05) is 30.3 Å². The lowest BCUT2D eigenvalue weighted by Gasteiger charge is -1.98. The SMILES string of the molecule is O=C(Cn1nnc(-c2ccccc2)n1)NN=Cc1ccc(Cl)cc1. The second-order valence-electron chi connectivity index (χ2n) is 4.85. The fourth-order valence-corrected chi connectivity index (χ4v) is 2.03. The van der Waals surface area contributed by atoms with E-state index in [4.69, 9.17) is 11.6 Å². The van der Waals surface area contributed by atoms with E-state index in [2.05, 4.69) is 25.9 Å². The highest BCUT2D eigenvalue weighted by molar-refractivity contribution is 6.30. The Kier molecular flexibility index (Phi) is 4.93. The molecule has 0 atom stereocenters. The Hall–Kier alpha value is -3.06. The third-order valence-corrected chi connectivity index (χ3v) is 3.29. The number of hydrogen-bond donors (Lipinski definition) is 1. The normalized spacial score (nSPS) is 10.9. The van der Waals surface area contributed by atoms with Gasteiger partial charge < -0.3 is 0 Å². The molecule has 0 aliphatic heterocycles. The van der Waals surface area contributed by atoms with Crippen molar-refractivity contribution in [2.24, 2.45) is 5.10 Å². The van der Waals surface area contributed by atoms with Crippen LogP contribution in [0.3, 0.4) is 0 Å². The van der Waals surface area contributed by atoms with Crippen LogP contribution in [0.2, 0.25) is 5.02 Å². The fourth-order valence-electron chi connectivity index (χ4n) is 1.90. The number of benzene rings is 2. The minimum Gasteiger partial charge on any atom is -0.271 e. The van der Waals surface area contributed by atoms with Gasteiger partial charge in [0.15, 0.2) is 0 Å². The van der Waals surface area contributed by atoms with Gasteiger partial charge in [0.25, 0.3) is 5.91 Å². The predicted octanol–water partition coefficient (Wildman–Crippen LogP) is 2.14. The van der Waals surface area contributed by atoms with Gasteiger partial charge in [0.05, 0.1) is 6.21 Å². The molecular formula is C16H13ClN6O. The zero-order valence-corrected chi connectivity index (χ0v) is 13.3. The van der Waals surface area contributed by atoms with Crippen LogP contribution in [-0.4, -0.2) is 32.3 Å². The third kappa shape index (κ3) is 4.23. The van der Waals surface area contributed by atoms with E-state index >= 15 is 0 Å². The molecule has 0 spiro atoms. The molecule has 0 fully saturated rings. The van der Waals surface area contributed by atoms with Gasteiger partial charge >= 0.3 is 0 Å². The van der Waals surface area contributed by atoms with Crippen LogP contribution in [-0.2, 0) is 11.3 Å². The average molecular weight is 341 g/mol. The highest BCUT2D eigenvalue weighted by Crippen LogP contribution is 2.11. The molecule has 0 aliphatic carbocycles. The summed E-state index contributed by atoms with van der Waals surface area (Å²) in [7, 11) is 0. The van der Waals surface area contributed by atoms with Crippen LogP contribution in [0, 0.1) is 0 Å². The monoisotopic (exact) mass is 340 g/mol. The number of halogens is 1. The summed E-state index contributed by atoms with van der Waals surface area (Å²) in [5.74, 6) is 0.116. The first-order valence-electron chi connectivity index (χ1n) is 7.11. The number of carbonyl (C=O) groups excluding carboxylic acids is 1. The van der Waals surface area contributed by atoms with Crippen LogP contribution in [0.25, 0.3) is 11.4 Å².